The van der Waals surface area contributed by atoms with Crippen molar-refractivity contribution in [2.45, 2.75) is 19.6 Å². The van der Waals surface area contributed by atoms with Crippen LogP contribution in [0.1, 0.15) is 16.8 Å². The molecule has 0 spiro atoms. The Hall–Kier alpha value is -3.12. The summed E-state index contributed by atoms with van der Waals surface area (Å²) in [5.74, 6) is 0.823. The average molecular weight is 362 g/mol. The van der Waals surface area contributed by atoms with E-state index in [2.05, 4.69) is 27.4 Å². The number of methoxy groups -OCH3 is 1. The molecular weight excluding hydrogens is 340 g/mol. The van der Waals surface area contributed by atoms with Crippen LogP contribution in [0.25, 0.3) is 5.69 Å². The van der Waals surface area contributed by atoms with Gasteiger partial charge in [-0.15, -0.1) is 0 Å². The maximum Gasteiger partial charge on any atom is 0.234 e. The molecule has 0 bridgehead atoms. The molecule has 2 heterocycles. The molecule has 0 radical (unpaired) electrons. The number of hydrogen-bond donors (Lipinski definition) is 1. The predicted octanol–water partition coefficient (Wildman–Crippen LogP) is 2.51. The summed E-state index contributed by atoms with van der Waals surface area (Å²) in [5.41, 5.74) is 4.39. The number of nitrogens with zero attached hydrogens (tertiary/aromatic N) is 3. The number of carbonyl (C=O) groups is 1. The molecule has 0 saturated heterocycles. The molecule has 0 saturated carbocycles. The number of carbonyl (C=O) groups excluding carboxylic acids is 1. The zero-order chi connectivity index (χ0) is 18.6. The quantitative estimate of drug-likeness (QED) is 0.732. The van der Waals surface area contributed by atoms with Crippen LogP contribution in [-0.2, 0) is 24.4 Å². The van der Waals surface area contributed by atoms with E-state index >= 15 is 0 Å². The lowest BCUT2D eigenvalue weighted by atomic mass is 10.1. The number of amides is 1. The van der Waals surface area contributed by atoms with Crippen molar-refractivity contribution in [2.24, 2.45) is 0 Å². The second-order valence-corrected chi connectivity index (χ2v) is 6.64. The maximum absolute atomic E-state index is 12.3. The van der Waals surface area contributed by atoms with Gasteiger partial charge in [0.2, 0.25) is 5.91 Å². The Bertz CT molecular complexity index is 908. The van der Waals surface area contributed by atoms with Crippen LogP contribution in [0.4, 0.5) is 0 Å². The van der Waals surface area contributed by atoms with Crippen LogP contribution in [0.5, 0.6) is 5.75 Å². The normalized spacial score (nSPS) is 13.4. The van der Waals surface area contributed by atoms with Gasteiger partial charge in [-0.3, -0.25) is 9.69 Å². The Kier molecular flexibility index (Phi) is 4.89. The van der Waals surface area contributed by atoms with Gasteiger partial charge in [-0.05, 0) is 41.5 Å². The number of fused-ring (bicyclic) bond motifs is 1. The Morgan fingerprint density at radius 3 is 2.44 bits per heavy atom. The molecule has 1 amide bonds. The van der Waals surface area contributed by atoms with E-state index in [-0.39, 0.29) is 5.91 Å². The number of rotatable bonds is 6. The van der Waals surface area contributed by atoms with Crippen molar-refractivity contribution in [1.29, 1.82) is 0 Å². The molecule has 3 aromatic rings. The lowest BCUT2D eigenvalue weighted by molar-refractivity contribution is -0.122. The van der Waals surface area contributed by atoms with Crippen LogP contribution in [0, 0.1) is 0 Å². The van der Waals surface area contributed by atoms with Gasteiger partial charge in [0.05, 0.1) is 31.6 Å². The minimum absolute atomic E-state index is 0.0156. The fraction of sp³-hybridized carbons (Fsp3) is 0.238. The van der Waals surface area contributed by atoms with E-state index < -0.39 is 0 Å². The zero-order valence-corrected chi connectivity index (χ0v) is 15.3. The van der Waals surface area contributed by atoms with E-state index in [4.69, 9.17) is 4.74 Å². The summed E-state index contributed by atoms with van der Waals surface area (Å²) >= 11 is 0. The van der Waals surface area contributed by atoms with Gasteiger partial charge in [0.15, 0.2) is 0 Å². The Balaban J connectivity index is 1.29. The van der Waals surface area contributed by atoms with E-state index in [1.165, 1.54) is 11.1 Å². The van der Waals surface area contributed by atoms with E-state index in [9.17, 15) is 4.79 Å². The van der Waals surface area contributed by atoms with Crippen LogP contribution in [0.15, 0.2) is 60.8 Å². The van der Waals surface area contributed by atoms with Crippen LogP contribution in [0.3, 0.4) is 0 Å². The standard InChI is InChI=1S/C21H22N4O2/c1-27-20-8-6-19(7-9-20)25-11-10-18(23-25)12-22-21(26)15-24-13-16-4-2-3-5-17(16)14-24/h2-11H,12-15H2,1H3,(H,22,26). The van der Waals surface area contributed by atoms with Crippen molar-refractivity contribution in [3.05, 3.63) is 77.6 Å². The molecule has 1 aliphatic heterocycles. The third kappa shape index (κ3) is 4.01. The van der Waals surface area contributed by atoms with Gasteiger partial charge >= 0.3 is 0 Å². The molecule has 0 unspecified atom stereocenters. The summed E-state index contributed by atoms with van der Waals surface area (Å²) in [6, 6.07) is 17.9. The summed E-state index contributed by atoms with van der Waals surface area (Å²) < 4.78 is 6.96. The molecule has 0 atom stereocenters. The van der Waals surface area contributed by atoms with Crippen molar-refractivity contribution in [1.82, 2.24) is 20.0 Å². The first-order chi connectivity index (χ1) is 13.2. The molecule has 6 heteroatoms. The Morgan fingerprint density at radius 2 is 1.78 bits per heavy atom. The van der Waals surface area contributed by atoms with E-state index in [0.29, 0.717) is 13.1 Å². The smallest absolute Gasteiger partial charge is 0.234 e. The first-order valence-electron chi connectivity index (χ1n) is 8.96. The first-order valence-corrected chi connectivity index (χ1v) is 8.96. The van der Waals surface area contributed by atoms with E-state index in [1.807, 2.05) is 48.7 Å². The molecule has 27 heavy (non-hydrogen) atoms. The third-order valence-electron chi connectivity index (χ3n) is 4.72. The molecule has 0 fully saturated rings. The van der Waals surface area contributed by atoms with Crippen LogP contribution in [-0.4, -0.2) is 34.2 Å². The van der Waals surface area contributed by atoms with E-state index in [1.54, 1.807) is 11.8 Å². The van der Waals surface area contributed by atoms with Crippen LogP contribution >= 0.6 is 0 Å². The Labute approximate surface area is 158 Å². The highest BCUT2D eigenvalue weighted by Crippen LogP contribution is 2.21. The van der Waals surface area contributed by atoms with Crippen molar-refractivity contribution >= 4 is 5.91 Å². The lowest BCUT2D eigenvalue weighted by Gasteiger charge is -2.14. The fourth-order valence-electron chi connectivity index (χ4n) is 3.30. The zero-order valence-electron chi connectivity index (χ0n) is 15.3. The largest absolute Gasteiger partial charge is 0.497 e. The van der Waals surface area contributed by atoms with Gasteiger partial charge in [0.1, 0.15) is 5.75 Å². The van der Waals surface area contributed by atoms with Crippen molar-refractivity contribution in [3.63, 3.8) is 0 Å². The summed E-state index contributed by atoms with van der Waals surface area (Å²) in [4.78, 5) is 14.4. The minimum Gasteiger partial charge on any atom is -0.497 e. The highest BCUT2D eigenvalue weighted by Gasteiger charge is 2.20. The molecule has 4 rings (SSSR count). The first kappa shape index (κ1) is 17.3. The average Bonchev–Trinajstić information content (AvgIpc) is 3.33. The molecule has 1 aromatic heterocycles. The second kappa shape index (κ2) is 7.63. The topological polar surface area (TPSA) is 59.4 Å². The minimum atomic E-state index is 0.0156. The summed E-state index contributed by atoms with van der Waals surface area (Å²) in [6.07, 6.45) is 1.89. The fourth-order valence-corrected chi connectivity index (χ4v) is 3.30. The van der Waals surface area contributed by atoms with Gasteiger partial charge in [-0.1, -0.05) is 24.3 Å². The predicted molar refractivity (Wildman–Crippen MR) is 103 cm³/mol. The second-order valence-electron chi connectivity index (χ2n) is 6.64. The Morgan fingerprint density at radius 1 is 1.07 bits per heavy atom. The van der Waals surface area contributed by atoms with Crippen molar-refractivity contribution in [3.8, 4) is 11.4 Å². The van der Waals surface area contributed by atoms with Gasteiger partial charge in [-0.2, -0.15) is 5.10 Å². The molecule has 1 N–H and O–H groups in total. The van der Waals surface area contributed by atoms with E-state index in [0.717, 1.165) is 30.2 Å². The van der Waals surface area contributed by atoms with Crippen LogP contribution < -0.4 is 10.1 Å². The number of ether oxygens (including phenoxy) is 1. The number of benzene rings is 2. The third-order valence-corrected chi connectivity index (χ3v) is 4.72. The maximum atomic E-state index is 12.3. The summed E-state index contributed by atoms with van der Waals surface area (Å²) in [6.45, 7) is 2.47. The number of hydrogen-bond acceptors (Lipinski definition) is 4. The van der Waals surface area contributed by atoms with Gasteiger partial charge < -0.3 is 10.1 Å². The molecule has 138 valence electrons. The molecule has 2 aromatic carbocycles. The SMILES string of the molecule is COc1ccc(-n2ccc(CNC(=O)CN3Cc4ccccc4C3)n2)cc1. The van der Waals surface area contributed by atoms with Crippen molar-refractivity contribution in [2.75, 3.05) is 13.7 Å². The molecule has 0 aliphatic carbocycles. The molecule has 6 nitrogen and oxygen atoms in total. The monoisotopic (exact) mass is 362 g/mol. The van der Waals surface area contributed by atoms with Gasteiger partial charge in [0, 0.05) is 19.3 Å². The number of nitrogens with one attached hydrogen (secondary N) is 1. The number of aromatic nitrogens is 2. The molecule has 1 aliphatic rings. The van der Waals surface area contributed by atoms with Gasteiger partial charge in [-0.25, -0.2) is 4.68 Å². The summed E-state index contributed by atoms with van der Waals surface area (Å²) in [7, 11) is 1.64. The highest BCUT2D eigenvalue weighted by molar-refractivity contribution is 5.78. The highest BCUT2D eigenvalue weighted by atomic mass is 16.5. The van der Waals surface area contributed by atoms with Gasteiger partial charge in [0.25, 0.3) is 0 Å². The molecular formula is C21H22N4O2. The summed E-state index contributed by atoms with van der Waals surface area (Å²) in [5, 5.41) is 7.48. The van der Waals surface area contributed by atoms with Crippen LogP contribution in [0.2, 0.25) is 0 Å². The van der Waals surface area contributed by atoms with Crippen molar-refractivity contribution < 1.29 is 9.53 Å². The lowest BCUT2D eigenvalue weighted by Crippen LogP contribution is -2.34.